The Bertz CT molecular complexity index is 838. The summed E-state index contributed by atoms with van der Waals surface area (Å²) in [6.07, 6.45) is 7.52. The molecule has 4 heterocycles. The summed E-state index contributed by atoms with van der Waals surface area (Å²) in [5, 5.41) is 0. The van der Waals surface area contributed by atoms with Gasteiger partial charge >= 0.3 is 5.97 Å². The van der Waals surface area contributed by atoms with E-state index in [1.165, 1.54) is 6.20 Å². The van der Waals surface area contributed by atoms with Crippen molar-refractivity contribution in [2.75, 3.05) is 13.2 Å². The van der Waals surface area contributed by atoms with Crippen LogP contribution in [0.3, 0.4) is 0 Å². The average molecular weight is 388 g/mol. The lowest BCUT2D eigenvalue weighted by molar-refractivity contribution is -0.0182. The summed E-state index contributed by atoms with van der Waals surface area (Å²) in [4.78, 5) is 40.8. The standard InChI is InChI=1S/C21H28N2O5/c1-3-5-10-28-19-17-20(25)23-14-8-6-13(7-9-14)16(23)12-22(17)11-15(18(19)24)21(26)27-4-2/h11,13-14,16H,3-10,12H2,1-2H3/t13?,14?,16-/m0/s1. The maximum Gasteiger partial charge on any atom is 0.343 e. The van der Waals surface area contributed by atoms with Gasteiger partial charge in [0, 0.05) is 18.8 Å². The molecule has 1 amide bonds. The second-order valence-electron chi connectivity index (χ2n) is 7.97. The van der Waals surface area contributed by atoms with Gasteiger partial charge in [-0.1, -0.05) is 13.3 Å². The van der Waals surface area contributed by atoms with Crippen molar-refractivity contribution in [1.29, 1.82) is 0 Å². The van der Waals surface area contributed by atoms with Crippen molar-refractivity contribution in [2.24, 2.45) is 5.92 Å². The van der Waals surface area contributed by atoms with E-state index in [0.717, 1.165) is 38.5 Å². The second kappa shape index (κ2) is 7.60. The smallest absolute Gasteiger partial charge is 0.343 e. The van der Waals surface area contributed by atoms with Gasteiger partial charge in [0.2, 0.25) is 5.43 Å². The molecular formula is C21H28N2O5. The van der Waals surface area contributed by atoms with E-state index in [9.17, 15) is 14.4 Å². The molecule has 7 nitrogen and oxygen atoms in total. The number of esters is 1. The number of carbonyl (C=O) groups is 2. The van der Waals surface area contributed by atoms with Crippen LogP contribution in [0.25, 0.3) is 0 Å². The Balaban J connectivity index is 1.80. The van der Waals surface area contributed by atoms with Crippen molar-refractivity contribution in [3.63, 3.8) is 0 Å². The SMILES string of the molecule is CCCCOc1c2n(cc(C(=O)OCC)c1=O)C[C@H]1C3CCC(CC3)N1C2=O. The van der Waals surface area contributed by atoms with E-state index < -0.39 is 11.4 Å². The average Bonchev–Trinajstić information content (AvgIpc) is 2.70. The minimum atomic E-state index is -0.664. The number of pyridine rings is 1. The first-order valence-corrected chi connectivity index (χ1v) is 10.5. The molecule has 5 rings (SSSR count). The minimum absolute atomic E-state index is 0.00361. The summed E-state index contributed by atoms with van der Waals surface area (Å²) in [6, 6.07) is 0.383. The van der Waals surface area contributed by atoms with Crippen LogP contribution in [0.4, 0.5) is 0 Å². The summed E-state index contributed by atoms with van der Waals surface area (Å²) in [5.41, 5.74) is -0.313. The number of unbranched alkanes of at least 4 members (excludes halogenated alkanes) is 1. The minimum Gasteiger partial charge on any atom is -0.487 e. The number of aromatic nitrogens is 1. The number of fused-ring (bicyclic) bond motifs is 3. The maximum atomic E-state index is 13.4. The third-order valence-electron chi connectivity index (χ3n) is 6.33. The molecule has 0 N–H and O–H groups in total. The Morgan fingerprint density at radius 3 is 2.61 bits per heavy atom. The number of rotatable bonds is 6. The highest BCUT2D eigenvalue weighted by atomic mass is 16.5. The molecule has 1 aromatic heterocycles. The van der Waals surface area contributed by atoms with Gasteiger partial charge < -0.3 is 18.9 Å². The Morgan fingerprint density at radius 2 is 1.93 bits per heavy atom. The first-order chi connectivity index (χ1) is 13.6. The molecule has 2 saturated heterocycles. The quantitative estimate of drug-likeness (QED) is 0.553. The molecule has 1 saturated carbocycles. The van der Waals surface area contributed by atoms with E-state index in [1.54, 1.807) is 11.5 Å². The normalized spacial score (nSPS) is 25.3. The lowest BCUT2D eigenvalue weighted by Crippen LogP contribution is -2.62. The van der Waals surface area contributed by atoms with Crippen molar-refractivity contribution >= 4 is 11.9 Å². The zero-order valence-corrected chi connectivity index (χ0v) is 16.6. The predicted octanol–water partition coefficient (Wildman–Crippen LogP) is 2.60. The molecule has 0 aromatic carbocycles. The molecule has 3 aliphatic heterocycles. The molecule has 1 aliphatic carbocycles. The number of hydrogen-bond acceptors (Lipinski definition) is 5. The van der Waals surface area contributed by atoms with Crippen LogP contribution in [0.1, 0.15) is 73.2 Å². The van der Waals surface area contributed by atoms with E-state index in [0.29, 0.717) is 19.1 Å². The molecule has 3 fully saturated rings. The van der Waals surface area contributed by atoms with E-state index >= 15 is 0 Å². The fourth-order valence-corrected chi connectivity index (χ4v) is 4.95. The van der Waals surface area contributed by atoms with Crippen LogP contribution in [0.15, 0.2) is 11.0 Å². The molecule has 7 heteroatoms. The topological polar surface area (TPSA) is 77.8 Å². The molecule has 1 atom stereocenters. The van der Waals surface area contributed by atoms with Crippen LogP contribution in [-0.4, -0.2) is 46.6 Å². The summed E-state index contributed by atoms with van der Waals surface area (Å²) < 4.78 is 12.6. The third kappa shape index (κ3) is 3.01. The highest BCUT2D eigenvalue weighted by Gasteiger charge is 2.48. The van der Waals surface area contributed by atoms with Crippen molar-refractivity contribution in [3.05, 3.63) is 27.7 Å². The molecular weight excluding hydrogens is 360 g/mol. The molecule has 0 spiro atoms. The van der Waals surface area contributed by atoms with Crippen molar-refractivity contribution in [1.82, 2.24) is 9.47 Å². The summed E-state index contributed by atoms with van der Waals surface area (Å²) in [6.45, 7) is 4.85. The van der Waals surface area contributed by atoms with Gasteiger partial charge in [-0.15, -0.1) is 0 Å². The third-order valence-corrected chi connectivity index (χ3v) is 6.33. The molecule has 4 aliphatic rings. The first kappa shape index (κ1) is 19.0. The Kier molecular flexibility index (Phi) is 5.17. The van der Waals surface area contributed by atoms with E-state index in [2.05, 4.69) is 0 Å². The monoisotopic (exact) mass is 388 g/mol. The van der Waals surface area contributed by atoms with Crippen LogP contribution in [0, 0.1) is 5.92 Å². The van der Waals surface area contributed by atoms with Gasteiger partial charge in [0.1, 0.15) is 5.56 Å². The molecule has 28 heavy (non-hydrogen) atoms. The van der Waals surface area contributed by atoms with E-state index in [1.807, 2.05) is 11.8 Å². The molecule has 0 unspecified atom stereocenters. The Labute approximate surface area is 164 Å². The highest BCUT2D eigenvalue weighted by molar-refractivity contribution is 5.98. The predicted molar refractivity (Wildman–Crippen MR) is 103 cm³/mol. The lowest BCUT2D eigenvalue weighted by atomic mass is 9.73. The van der Waals surface area contributed by atoms with Crippen LogP contribution < -0.4 is 10.2 Å². The van der Waals surface area contributed by atoms with Crippen molar-refractivity contribution in [2.45, 2.75) is 71.0 Å². The van der Waals surface area contributed by atoms with Gasteiger partial charge in [0.15, 0.2) is 11.4 Å². The fourth-order valence-electron chi connectivity index (χ4n) is 4.95. The number of nitrogens with zero attached hydrogens (tertiary/aromatic N) is 2. The van der Waals surface area contributed by atoms with Gasteiger partial charge in [-0.3, -0.25) is 9.59 Å². The van der Waals surface area contributed by atoms with Gasteiger partial charge in [-0.2, -0.15) is 0 Å². The number of piperidine rings is 2. The Hall–Kier alpha value is -2.31. The van der Waals surface area contributed by atoms with Crippen LogP contribution in [0.5, 0.6) is 5.75 Å². The van der Waals surface area contributed by atoms with Crippen LogP contribution in [0.2, 0.25) is 0 Å². The van der Waals surface area contributed by atoms with Gasteiger partial charge in [-0.05, 0) is 44.9 Å². The highest BCUT2D eigenvalue weighted by Crippen LogP contribution is 2.43. The van der Waals surface area contributed by atoms with Crippen molar-refractivity contribution < 1.29 is 19.1 Å². The van der Waals surface area contributed by atoms with E-state index in [-0.39, 0.29) is 41.6 Å². The fraction of sp³-hybridized carbons (Fsp3) is 0.667. The van der Waals surface area contributed by atoms with E-state index in [4.69, 9.17) is 9.47 Å². The van der Waals surface area contributed by atoms with Gasteiger partial charge in [-0.25, -0.2) is 4.79 Å². The largest absolute Gasteiger partial charge is 0.487 e. The zero-order chi connectivity index (χ0) is 19.8. The van der Waals surface area contributed by atoms with Crippen LogP contribution >= 0.6 is 0 Å². The Morgan fingerprint density at radius 1 is 1.18 bits per heavy atom. The molecule has 0 radical (unpaired) electrons. The summed E-state index contributed by atoms with van der Waals surface area (Å²) in [7, 11) is 0. The second-order valence-corrected chi connectivity index (χ2v) is 7.97. The summed E-state index contributed by atoms with van der Waals surface area (Å²) >= 11 is 0. The summed E-state index contributed by atoms with van der Waals surface area (Å²) in [5.74, 6) is -0.311. The molecule has 152 valence electrons. The molecule has 2 bridgehead atoms. The first-order valence-electron chi connectivity index (χ1n) is 10.5. The number of ether oxygens (including phenoxy) is 2. The zero-order valence-electron chi connectivity index (χ0n) is 16.6. The maximum absolute atomic E-state index is 13.4. The van der Waals surface area contributed by atoms with Crippen LogP contribution in [-0.2, 0) is 11.3 Å². The number of carbonyl (C=O) groups excluding carboxylic acids is 2. The van der Waals surface area contributed by atoms with Gasteiger partial charge in [0.05, 0.1) is 19.3 Å². The molecule has 1 aromatic rings. The van der Waals surface area contributed by atoms with Gasteiger partial charge in [0.25, 0.3) is 5.91 Å². The lowest BCUT2D eigenvalue weighted by Gasteiger charge is -2.54. The number of amides is 1. The van der Waals surface area contributed by atoms with Crippen molar-refractivity contribution in [3.8, 4) is 5.75 Å². The number of hydrogen-bond donors (Lipinski definition) is 0.